The van der Waals surface area contributed by atoms with Gasteiger partial charge in [0.1, 0.15) is 5.82 Å². The second kappa shape index (κ2) is 8.76. The van der Waals surface area contributed by atoms with Gasteiger partial charge in [-0.15, -0.1) is 0 Å². The zero-order chi connectivity index (χ0) is 18.4. The maximum atomic E-state index is 12.6. The maximum absolute atomic E-state index is 12.6. The molecule has 1 atom stereocenters. The summed E-state index contributed by atoms with van der Waals surface area (Å²) in [6, 6.07) is 5.15. The van der Waals surface area contributed by atoms with Crippen molar-refractivity contribution in [2.75, 3.05) is 19.0 Å². The normalized spacial score (nSPS) is 11.9. The van der Waals surface area contributed by atoms with Gasteiger partial charge in [-0.05, 0) is 31.9 Å². The van der Waals surface area contributed by atoms with Crippen molar-refractivity contribution in [3.05, 3.63) is 35.0 Å². The lowest BCUT2D eigenvalue weighted by atomic mass is 10.2. The minimum Gasteiger partial charge on any atom is -0.493 e. The lowest BCUT2D eigenvalue weighted by molar-refractivity contribution is 0.102. The molecule has 2 aromatic rings. The van der Waals surface area contributed by atoms with Crippen LogP contribution in [0.1, 0.15) is 50.0 Å². The number of aromatic nitrogens is 2. The second-order valence-corrected chi connectivity index (χ2v) is 6.12. The standard InChI is InChI=1S/C18H24ClN3O3/c1-5-9-25-17-14(19)10-13(11-15(17)24-4)18(23)21-16-7-8-20-22(16)12(3)6-2/h7-8,10-12H,5-6,9H2,1-4H3,(H,21,23). The van der Waals surface area contributed by atoms with E-state index in [1.807, 2.05) is 13.8 Å². The Morgan fingerprint density at radius 2 is 2.16 bits per heavy atom. The van der Waals surface area contributed by atoms with Gasteiger partial charge in [0.05, 0.1) is 31.0 Å². The number of hydrogen-bond acceptors (Lipinski definition) is 4. The fraction of sp³-hybridized carbons (Fsp3) is 0.444. The SMILES string of the molecule is CCCOc1c(Cl)cc(C(=O)Nc2ccnn2C(C)CC)cc1OC. The number of anilines is 1. The molecular formula is C18H24ClN3O3. The van der Waals surface area contributed by atoms with E-state index in [1.165, 1.54) is 7.11 Å². The molecule has 7 heteroatoms. The third kappa shape index (κ3) is 4.45. The molecule has 0 bridgehead atoms. The molecule has 1 unspecified atom stereocenters. The molecule has 1 aromatic heterocycles. The van der Waals surface area contributed by atoms with Gasteiger partial charge in [-0.1, -0.05) is 25.4 Å². The van der Waals surface area contributed by atoms with Crippen molar-refractivity contribution >= 4 is 23.3 Å². The van der Waals surface area contributed by atoms with Gasteiger partial charge in [-0.2, -0.15) is 5.10 Å². The fourth-order valence-electron chi connectivity index (χ4n) is 2.32. The van der Waals surface area contributed by atoms with E-state index in [2.05, 4.69) is 17.3 Å². The van der Waals surface area contributed by atoms with E-state index in [1.54, 1.807) is 29.1 Å². The van der Waals surface area contributed by atoms with Crippen molar-refractivity contribution in [1.82, 2.24) is 9.78 Å². The average molecular weight is 366 g/mol. The smallest absolute Gasteiger partial charge is 0.257 e. The Labute approximate surface area is 153 Å². The summed E-state index contributed by atoms with van der Waals surface area (Å²) in [6.45, 7) is 6.64. The molecule has 0 saturated carbocycles. The van der Waals surface area contributed by atoms with Gasteiger partial charge >= 0.3 is 0 Å². The largest absolute Gasteiger partial charge is 0.493 e. The Balaban J connectivity index is 2.25. The third-order valence-corrected chi connectivity index (χ3v) is 4.14. The highest BCUT2D eigenvalue weighted by atomic mass is 35.5. The molecule has 136 valence electrons. The first-order valence-electron chi connectivity index (χ1n) is 8.36. The third-order valence-electron chi connectivity index (χ3n) is 3.86. The number of benzene rings is 1. The number of halogens is 1. The summed E-state index contributed by atoms with van der Waals surface area (Å²) in [5.41, 5.74) is 0.391. The predicted octanol–water partition coefficient (Wildman–Crippen LogP) is 4.56. The van der Waals surface area contributed by atoms with E-state index < -0.39 is 0 Å². The molecule has 0 aliphatic rings. The predicted molar refractivity (Wildman–Crippen MR) is 99.0 cm³/mol. The van der Waals surface area contributed by atoms with Crippen molar-refractivity contribution in [3.63, 3.8) is 0 Å². The molecule has 6 nitrogen and oxygen atoms in total. The van der Waals surface area contributed by atoms with Gasteiger partial charge in [0.25, 0.3) is 5.91 Å². The second-order valence-electron chi connectivity index (χ2n) is 5.71. The van der Waals surface area contributed by atoms with Crippen LogP contribution in [-0.2, 0) is 0 Å². The molecular weight excluding hydrogens is 342 g/mol. The van der Waals surface area contributed by atoms with Crippen LogP contribution < -0.4 is 14.8 Å². The summed E-state index contributed by atoms with van der Waals surface area (Å²) in [5, 5.41) is 7.47. The number of methoxy groups -OCH3 is 1. The van der Waals surface area contributed by atoms with Gasteiger partial charge in [-0.3, -0.25) is 4.79 Å². The molecule has 0 aliphatic heterocycles. The molecule has 1 N–H and O–H groups in total. The Bertz CT molecular complexity index is 730. The Morgan fingerprint density at radius 1 is 1.40 bits per heavy atom. The Kier molecular flexibility index (Phi) is 6.70. The van der Waals surface area contributed by atoms with Crippen LogP contribution >= 0.6 is 11.6 Å². The number of nitrogens with one attached hydrogen (secondary N) is 1. The van der Waals surface area contributed by atoms with E-state index in [9.17, 15) is 4.79 Å². The van der Waals surface area contributed by atoms with Gasteiger partial charge in [0, 0.05) is 11.6 Å². The zero-order valence-electron chi connectivity index (χ0n) is 15.0. The Morgan fingerprint density at radius 3 is 2.80 bits per heavy atom. The highest BCUT2D eigenvalue weighted by molar-refractivity contribution is 6.32. The molecule has 1 amide bonds. The number of hydrogen-bond donors (Lipinski definition) is 1. The van der Waals surface area contributed by atoms with E-state index in [4.69, 9.17) is 21.1 Å². The number of amides is 1. The minimum absolute atomic E-state index is 0.188. The van der Waals surface area contributed by atoms with Crippen molar-refractivity contribution in [1.29, 1.82) is 0 Å². The average Bonchev–Trinajstić information content (AvgIpc) is 3.07. The van der Waals surface area contributed by atoms with Gasteiger partial charge in [0.2, 0.25) is 0 Å². The molecule has 1 aromatic carbocycles. The first-order valence-corrected chi connectivity index (χ1v) is 8.74. The molecule has 0 aliphatic carbocycles. The molecule has 0 fully saturated rings. The molecule has 0 spiro atoms. The number of nitrogens with zero attached hydrogens (tertiary/aromatic N) is 2. The highest BCUT2D eigenvalue weighted by Gasteiger charge is 2.18. The quantitative estimate of drug-likeness (QED) is 0.744. The molecule has 0 saturated heterocycles. The number of rotatable bonds is 8. The van der Waals surface area contributed by atoms with Crippen molar-refractivity contribution in [3.8, 4) is 11.5 Å². The van der Waals surface area contributed by atoms with Crippen LogP contribution in [0.2, 0.25) is 5.02 Å². The topological polar surface area (TPSA) is 65.4 Å². The molecule has 0 radical (unpaired) electrons. The van der Waals surface area contributed by atoms with Crippen LogP contribution in [0.3, 0.4) is 0 Å². The summed E-state index contributed by atoms with van der Waals surface area (Å²) in [7, 11) is 1.52. The first kappa shape index (κ1) is 19.1. The molecule has 1 heterocycles. The van der Waals surface area contributed by atoms with Crippen molar-refractivity contribution in [2.24, 2.45) is 0 Å². The van der Waals surface area contributed by atoms with Gasteiger partial charge < -0.3 is 14.8 Å². The fourth-order valence-corrected chi connectivity index (χ4v) is 2.59. The van der Waals surface area contributed by atoms with E-state index in [0.29, 0.717) is 34.5 Å². The van der Waals surface area contributed by atoms with E-state index in [0.717, 1.165) is 12.8 Å². The number of carbonyl (C=O) groups excluding carboxylic acids is 1. The lowest BCUT2D eigenvalue weighted by Crippen LogP contribution is -2.17. The summed E-state index contributed by atoms with van der Waals surface area (Å²) in [5.74, 6) is 1.24. The summed E-state index contributed by atoms with van der Waals surface area (Å²) < 4.78 is 12.7. The first-order chi connectivity index (χ1) is 12.0. The lowest BCUT2D eigenvalue weighted by Gasteiger charge is -2.16. The number of carbonyl (C=O) groups is 1. The maximum Gasteiger partial charge on any atom is 0.257 e. The summed E-state index contributed by atoms with van der Waals surface area (Å²) in [6.07, 6.45) is 3.42. The summed E-state index contributed by atoms with van der Waals surface area (Å²) in [4.78, 5) is 12.6. The van der Waals surface area contributed by atoms with Crippen LogP contribution in [0.4, 0.5) is 5.82 Å². The summed E-state index contributed by atoms with van der Waals surface area (Å²) >= 11 is 6.28. The van der Waals surface area contributed by atoms with Gasteiger partial charge in [0.15, 0.2) is 11.5 Å². The van der Waals surface area contributed by atoms with Crippen LogP contribution in [0.25, 0.3) is 0 Å². The van der Waals surface area contributed by atoms with Gasteiger partial charge in [-0.25, -0.2) is 4.68 Å². The van der Waals surface area contributed by atoms with Crippen LogP contribution in [0.5, 0.6) is 11.5 Å². The van der Waals surface area contributed by atoms with Crippen LogP contribution in [0, 0.1) is 0 Å². The monoisotopic (exact) mass is 365 g/mol. The van der Waals surface area contributed by atoms with Crippen molar-refractivity contribution in [2.45, 2.75) is 39.7 Å². The zero-order valence-corrected chi connectivity index (χ0v) is 15.8. The Hall–Kier alpha value is -2.21. The van der Waals surface area contributed by atoms with E-state index in [-0.39, 0.29) is 11.9 Å². The van der Waals surface area contributed by atoms with Crippen LogP contribution in [0.15, 0.2) is 24.4 Å². The highest BCUT2D eigenvalue weighted by Crippen LogP contribution is 2.36. The van der Waals surface area contributed by atoms with Crippen molar-refractivity contribution < 1.29 is 14.3 Å². The van der Waals surface area contributed by atoms with Crippen LogP contribution in [-0.4, -0.2) is 29.4 Å². The molecule has 2 rings (SSSR count). The minimum atomic E-state index is -0.285. The molecule has 25 heavy (non-hydrogen) atoms. The number of ether oxygens (including phenoxy) is 2. The van der Waals surface area contributed by atoms with E-state index >= 15 is 0 Å².